The summed E-state index contributed by atoms with van der Waals surface area (Å²) in [5.74, 6) is -0.965. The molecule has 2 aromatic heterocycles. The fourth-order valence-electron chi connectivity index (χ4n) is 2.08. The molecule has 0 bridgehead atoms. The number of rotatable bonds is 2. The Kier molecular flexibility index (Phi) is 2.93. The van der Waals surface area contributed by atoms with E-state index in [0.29, 0.717) is 16.0 Å². The van der Waals surface area contributed by atoms with Gasteiger partial charge in [-0.25, -0.2) is 9.78 Å². The third-order valence-electron chi connectivity index (χ3n) is 2.96. The lowest BCUT2D eigenvalue weighted by atomic mass is 10.0. The Morgan fingerprint density at radius 2 is 2.00 bits per heavy atom. The van der Waals surface area contributed by atoms with Crippen LogP contribution in [0, 0.1) is 11.3 Å². The highest BCUT2D eigenvalue weighted by atomic mass is 32.1. The average Bonchev–Trinajstić information content (AvgIpc) is 2.87. The molecular weight excluding hydrogens is 272 g/mol. The predicted octanol–water partition coefficient (Wildman–Crippen LogP) is 3.53. The zero-order valence-corrected chi connectivity index (χ0v) is 11.0. The average molecular weight is 280 g/mol. The summed E-state index contributed by atoms with van der Waals surface area (Å²) in [6.45, 7) is 0. The van der Waals surface area contributed by atoms with Gasteiger partial charge in [0.1, 0.15) is 9.71 Å². The minimum Gasteiger partial charge on any atom is -0.477 e. The van der Waals surface area contributed by atoms with Gasteiger partial charge in [0.15, 0.2) is 0 Å². The lowest BCUT2D eigenvalue weighted by Crippen LogP contribution is -1.94. The van der Waals surface area contributed by atoms with Crippen LogP contribution in [0.15, 0.2) is 42.6 Å². The first kappa shape index (κ1) is 12.3. The number of carboxylic acids is 1. The summed E-state index contributed by atoms with van der Waals surface area (Å²) >= 11 is 1.16. The molecule has 0 unspecified atom stereocenters. The fourth-order valence-corrected chi connectivity index (χ4v) is 3.09. The SMILES string of the molecule is N#Cc1ccc(-c2c(C(=O)O)sc3ncccc23)cc1. The van der Waals surface area contributed by atoms with Gasteiger partial charge >= 0.3 is 5.97 Å². The smallest absolute Gasteiger partial charge is 0.346 e. The van der Waals surface area contributed by atoms with Crippen LogP contribution in [0.4, 0.5) is 0 Å². The van der Waals surface area contributed by atoms with Crippen LogP contribution < -0.4 is 0 Å². The van der Waals surface area contributed by atoms with Gasteiger partial charge in [-0.3, -0.25) is 0 Å². The van der Waals surface area contributed by atoms with Crippen molar-refractivity contribution >= 4 is 27.5 Å². The molecule has 0 aliphatic carbocycles. The van der Waals surface area contributed by atoms with Crippen molar-refractivity contribution in [1.29, 1.82) is 5.26 Å². The third kappa shape index (κ3) is 1.92. The Morgan fingerprint density at radius 3 is 2.65 bits per heavy atom. The Hall–Kier alpha value is -2.71. The number of pyridine rings is 1. The van der Waals surface area contributed by atoms with Crippen LogP contribution in [0.5, 0.6) is 0 Å². The van der Waals surface area contributed by atoms with Gasteiger partial charge in [-0.1, -0.05) is 12.1 Å². The number of fused-ring (bicyclic) bond motifs is 1. The number of thiophene rings is 1. The standard InChI is InChI=1S/C15H8N2O2S/c16-8-9-3-5-10(6-4-9)12-11-2-1-7-17-14(11)20-13(12)15(18)19/h1-7H,(H,18,19). The van der Waals surface area contributed by atoms with E-state index < -0.39 is 5.97 Å². The van der Waals surface area contributed by atoms with Crippen molar-refractivity contribution in [2.24, 2.45) is 0 Å². The van der Waals surface area contributed by atoms with E-state index in [0.717, 1.165) is 22.3 Å². The molecule has 0 radical (unpaired) electrons. The summed E-state index contributed by atoms with van der Waals surface area (Å²) in [5.41, 5.74) is 1.99. The maximum absolute atomic E-state index is 11.4. The van der Waals surface area contributed by atoms with Crippen molar-refractivity contribution in [2.75, 3.05) is 0 Å². The van der Waals surface area contributed by atoms with Crippen LogP contribution in [0.3, 0.4) is 0 Å². The van der Waals surface area contributed by atoms with Crippen molar-refractivity contribution < 1.29 is 9.90 Å². The molecule has 0 aliphatic rings. The molecule has 0 saturated carbocycles. The molecular formula is C15H8N2O2S. The van der Waals surface area contributed by atoms with E-state index >= 15 is 0 Å². The number of carboxylic acid groups (broad SMARTS) is 1. The molecule has 0 spiro atoms. The maximum atomic E-state index is 11.4. The van der Waals surface area contributed by atoms with E-state index in [1.807, 2.05) is 12.1 Å². The molecule has 96 valence electrons. The van der Waals surface area contributed by atoms with Gasteiger partial charge in [-0.15, -0.1) is 11.3 Å². The number of carbonyl (C=O) groups is 1. The molecule has 0 atom stereocenters. The number of nitrogens with zero attached hydrogens (tertiary/aromatic N) is 2. The molecule has 3 aromatic rings. The van der Waals surface area contributed by atoms with Gasteiger partial charge in [-0.05, 0) is 29.8 Å². The van der Waals surface area contributed by atoms with Crippen LogP contribution in [-0.2, 0) is 0 Å². The topological polar surface area (TPSA) is 74.0 Å². The minimum atomic E-state index is -0.965. The van der Waals surface area contributed by atoms with Crippen molar-refractivity contribution in [3.63, 3.8) is 0 Å². The van der Waals surface area contributed by atoms with Crippen molar-refractivity contribution in [2.45, 2.75) is 0 Å². The van der Waals surface area contributed by atoms with E-state index in [4.69, 9.17) is 5.26 Å². The molecule has 0 aliphatic heterocycles. The van der Waals surface area contributed by atoms with Crippen LogP contribution in [0.1, 0.15) is 15.2 Å². The van der Waals surface area contributed by atoms with Gasteiger partial charge in [0.2, 0.25) is 0 Å². The van der Waals surface area contributed by atoms with E-state index in [2.05, 4.69) is 4.98 Å². The number of aromatic nitrogens is 1. The van der Waals surface area contributed by atoms with Crippen LogP contribution >= 0.6 is 11.3 Å². The van der Waals surface area contributed by atoms with E-state index in [1.54, 1.807) is 36.5 Å². The first-order valence-electron chi connectivity index (χ1n) is 5.82. The molecule has 3 rings (SSSR count). The van der Waals surface area contributed by atoms with Gasteiger partial charge < -0.3 is 5.11 Å². The van der Waals surface area contributed by atoms with Crippen LogP contribution in [0.2, 0.25) is 0 Å². The second-order valence-corrected chi connectivity index (χ2v) is 5.16. The molecule has 1 N–H and O–H groups in total. The molecule has 2 heterocycles. The second-order valence-electron chi connectivity index (χ2n) is 4.16. The lowest BCUT2D eigenvalue weighted by Gasteiger charge is -2.02. The van der Waals surface area contributed by atoms with E-state index in [9.17, 15) is 9.90 Å². The van der Waals surface area contributed by atoms with Crippen LogP contribution in [-0.4, -0.2) is 16.1 Å². The summed E-state index contributed by atoms with van der Waals surface area (Å²) in [7, 11) is 0. The molecule has 0 saturated heterocycles. The number of aromatic carboxylic acids is 1. The number of hydrogen-bond donors (Lipinski definition) is 1. The van der Waals surface area contributed by atoms with Crippen molar-refractivity contribution in [3.8, 4) is 17.2 Å². The van der Waals surface area contributed by atoms with Crippen LogP contribution in [0.25, 0.3) is 21.3 Å². The predicted molar refractivity (Wildman–Crippen MR) is 76.7 cm³/mol. The molecule has 5 heteroatoms. The molecule has 0 amide bonds. The zero-order valence-electron chi connectivity index (χ0n) is 10.2. The van der Waals surface area contributed by atoms with Gasteiger partial charge in [0.05, 0.1) is 11.6 Å². The molecule has 1 aromatic carbocycles. The van der Waals surface area contributed by atoms with E-state index in [-0.39, 0.29) is 4.88 Å². The van der Waals surface area contributed by atoms with Gasteiger partial charge in [0.25, 0.3) is 0 Å². The maximum Gasteiger partial charge on any atom is 0.346 e. The number of benzene rings is 1. The monoisotopic (exact) mass is 280 g/mol. The first-order chi connectivity index (χ1) is 9.70. The third-order valence-corrected chi connectivity index (χ3v) is 4.06. The van der Waals surface area contributed by atoms with Gasteiger partial charge in [0, 0.05) is 17.1 Å². The summed E-state index contributed by atoms with van der Waals surface area (Å²) in [6, 6.07) is 12.6. The minimum absolute atomic E-state index is 0.267. The Bertz CT molecular complexity index is 844. The normalized spacial score (nSPS) is 10.3. The quantitative estimate of drug-likeness (QED) is 0.779. The largest absolute Gasteiger partial charge is 0.477 e. The zero-order chi connectivity index (χ0) is 14.1. The number of nitriles is 1. The summed E-state index contributed by atoms with van der Waals surface area (Å²) < 4.78 is 0. The molecule has 4 nitrogen and oxygen atoms in total. The second kappa shape index (κ2) is 4.76. The van der Waals surface area contributed by atoms with Gasteiger partial charge in [-0.2, -0.15) is 5.26 Å². The van der Waals surface area contributed by atoms with Crippen molar-refractivity contribution in [1.82, 2.24) is 4.98 Å². The summed E-state index contributed by atoms with van der Waals surface area (Å²) in [5, 5.41) is 19.0. The number of hydrogen-bond acceptors (Lipinski definition) is 4. The highest BCUT2D eigenvalue weighted by molar-refractivity contribution is 7.21. The van der Waals surface area contributed by atoms with E-state index in [1.165, 1.54) is 0 Å². The van der Waals surface area contributed by atoms with Crippen molar-refractivity contribution in [3.05, 3.63) is 53.0 Å². The first-order valence-corrected chi connectivity index (χ1v) is 6.63. The summed E-state index contributed by atoms with van der Waals surface area (Å²) in [6.07, 6.45) is 1.65. The fraction of sp³-hybridized carbons (Fsp3) is 0. The summed E-state index contributed by atoms with van der Waals surface area (Å²) in [4.78, 5) is 16.6. The molecule has 20 heavy (non-hydrogen) atoms. The Morgan fingerprint density at radius 1 is 1.25 bits per heavy atom. The lowest BCUT2D eigenvalue weighted by molar-refractivity contribution is 0.0703. The molecule has 0 fully saturated rings. The highest BCUT2D eigenvalue weighted by Crippen LogP contribution is 2.37. The Labute approximate surface area is 118 Å². The highest BCUT2D eigenvalue weighted by Gasteiger charge is 2.19. The Balaban J connectivity index is 2.30.